The molecule has 0 unspecified atom stereocenters. The lowest BCUT2D eigenvalue weighted by Gasteiger charge is -2.38. The molecule has 0 spiro atoms. The van der Waals surface area contributed by atoms with E-state index in [-0.39, 0.29) is 5.41 Å². The van der Waals surface area contributed by atoms with E-state index in [2.05, 4.69) is 43.1 Å². The van der Waals surface area contributed by atoms with Crippen LogP contribution in [0.5, 0.6) is 0 Å². The van der Waals surface area contributed by atoms with Gasteiger partial charge in [-0.05, 0) is 43.7 Å². The zero-order chi connectivity index (χ0) is 15.6. The molecule has 0 aromatic heterocycles. The number of hydrogen-bond donors (Lipinski definition) is 1. The second-order valence-corrected chi connectivity index (χ2v) is 6.72. The zero-order valence-corrected chi connectivity index (χ0v) is 13.7. The molecule has 22 heavy (non-hydrogen) atoms. The molecule has 1 saturated heterocycles. The molecule has 1 aliphatic carbocycles. The smallest absolute Gasteiger partial charge is 0.191 e. The van der Waals surface area contributed by atoms with Crippen molar-refractivity contribution in [3.63, 3.8) is 0 Å². The van der Waals surface area contributed by atoms with Crippen molar-refractivity contribution in [2.24, 2.45) is 10.7 Å². The van der Waals surface area contributed by atoms with Crippen molar-refractivity contribution in [2.45, 2.75) is 44.1 Å². The largest absolute Gasteiger partial charge is 0.381 e. The third-order valence-corrected chi connectivity index (χ3v) is 5.17. The van der Waals surface area contributed by atoms with Gasteiger partial charge in [0.2, 0.25) is 0 Å². The number of guanidine groups is 1. The van der Waals surface area contributed by atoms with E-state index >= 15 is 0 Å². The van der Waals surface area contributed by atoms with Gasteiger partial charge in [0.25, 0.3) is 0 Å². The van der Waals surface area contributed by atoms with E-state index in [4.69, 9.17) is 15.5 Å². The molecule has 4 nitrogen and oxygen atoms in total. The van der Waals surface area contributed by atoms with Crippen molar-refractivity contribution < 1.29 is 4.74 Å². The third kappa shape index (κ3) is 3.12. The minimum absolute atomic E-state index is 0.0681. The van der Waals surface area contributed by atoms with Crippen LogP contribution in [-0.4, -0.2) is 43.7 Å². The average molecular weight is 301 g/mol. The maximum Gasteiger partial charge on any atom is 0.191 e. The van der Waals surface area contributed by atoms with E-state index in [1.807, 2.05) is 0 Å². The molecule has 1 aliphatic heterocycles. The van der Waals surface area contributed by atoms with Crippen LogP contribution in [0, 0.1) is 6.92 Å². The van der Waals surface area contributed by atoms with Crippen molar-refractivity contribution in [1.82, 2.24) is 4.90 Å². The van der Waals surface area contributed by atoms with Gasteiger partial charge in [-0.25, -0.2) is 0 Å². The highest BCUT2D eigenvalue weighted by Gasteiger charge is 2.36. The lowest BCUT2D eigenvalue weighted by Crippen LogP contribution is -2.40. The molecule has 1 saturated carbocycles. The van der Waals surface area contributed by atoms with E-state index in [9.17, 15) is 0 Å². The zero-order valence-electron chi connectivity index (χ0n) is 13.7. The van der Waals surface area contributed by atoms with Crippen molar-refractivity contribution in [3.8, 4) is 0 Å². The van der Waals surface area contributed by atoms with Gasteiger partial charge in [0.1, 0.15) is 0 Å². The number of hydrogen-bond acceptors (Lipinski definition) is 2. The summed E-state index contributed by atoms with van der Waals surface area (Å²) >= 11 is 0. The van der Waals surface area contributed by atoms with Crippen molar-refractivity contribution in [3.05, 3.63) is 35.4 Å². The maximum absolute atomic E-state index is 6.20. The molecule has 0 amide bonds. The number of aliphatic imine (C=N–C) groups is 1. The summed E-state index contributed by atoms with van der Waals surface area (Å²) in [6.45, 7) is 4.56. The summed E-state index contributed by atoms with van der Waals surface area (Å²) in [6, 6.07) is 9.27. The van der Waals surface area contributed by atoms with Gasteiger partial charge in [0.15, 0.2) is 5.96 Å². The molecule has 3 rings (SSSR count). The van der Waals surface area contributed by atoms with Gasteiger partial charge in [0, 0.05) is 31.7 Å². The van der Waals surface area contributed by atoms with Gasteiger partial charge >= 0.3 is 0 Å². The Morgan fingerprint density at radius 3 is 2.64 bits per heavy atom. The molecule has 0 radical (unpaired) electrons. The molecule has 1 aromatic rings. The second-order valence-electron chi connectivity index (χ2n) is 6.72. The Morgan fingerprint density at radius 1 is 1.32 bits per heavy atom. The van der Waals surface area contributed by atoms with Crippen LogP contribution in [0.1, 0.15) is 36.8 Å². The first-order valence-corrected chi connectivity index (χ1v) is 8.29. The predicted octanol–water partition coefficient (Wildman–Crippen LogP) is 2.45. The van der Waals surface area contributed by atoms with Crippen molar-refractivity contribution in [1.29, 1.82) is 0 Å². The Hall–Kier alpha value is -1.55. The third-order valence-electron chi connectivity index (χ3n) is 5.17. The highest BCUT2D eigenvalue weighted by molar-refractivity contribution is 5.78. The molecule has 1 aromatic carbocycles. The minimum atomic E-state index is 0.0681. The van der Waals surface area contributed by atoms with E-state index in [1.54, 1.807) is 0 Å². The fraction of sp³-hybridized carbons (Fsp3) is 0.611. The molecule has 2 aliphatic rings. The van der Waals surface area contributed by atoms with E-state index in [1.165, 1.54) is 24.0 Å². The van der Waals surface area contributed by atoms with E-state index < -0.39 is 0 Å². The van der Waals surface area contributed by atoms with Gasteiger partial charge in [0.05, 0.1) is 6.54 Å². The first-order valence-electron chi connectivity index (χ1n) is 8.29. The minimum Gasteiger partial charge on any atom is -0.381 e. The summed E-state index contributed by atoms with van der Waals surface area (Å²) in [5.74, 6) is 0.682. The standard InChI is InChI=1S/C18H27N3O/c1-14-5-3-4-6-16(14)18(9-11-22-12-10-18)13-20-17(19)21(2)15-7-8-15/h3-6,15H,7-13H2,1-2H3,(H2,19,20). The van der Waals surface area contributed by atoms with Gasteiger partial charge in [-0.15, -0.1) is 0 Å². The fourth-order valence-electron chi connectivity index (χ4n) is 3.44. The molecule has 4 heteroatoms. The van der Waals surface area contributed by atoms with Crippen LogP contribution in [0.2, 0.25) is 0 Å². The number of rotatable bonds is 4. The van der Waals surface area contributed by atoms with Crippen LogP contribution in [0.15, 0.2) is 29.3 Å². The average Bonchev–Trinajstić information content (AvgIpc) is 3.38. The topological polar surface area (TPSA) is 50.8 Å². The Kier molecular flexibility index (Phi) is 4.39. The summed E-state index contributed by atoms with van der Waals surface area (Å²) in [5.41, 5.74) is 9.01. The van der Waals surface area contributed by atoms with Crippen LogP contribution in [0.4, 0.5) is 0 Å². The first-order chi connectivity index (χ1) is 10.6. The fourth-order valence-corrected chi connectivity index (χ4v) is 3.44. The molecule has 0 atom stereocenters. The summed E-state index contributed by atoms with van der Waals surface area (Å²) in [6.07, 6.45) is 4.51. The summed E-state index contributed by atoms with van der Waals surface area (Å²) in [7, 11) is 2.06. The Morgan fingerprint density at radius 2 is 2.00 bits per heavy atom. The van der Waals surface area contributed by atoms with Crippen molar-refractivity contribution >= 4 is 5.96 Å². The highest BCUT2D eigenvalue weighted by atomic mass is 16.5. The summed E-state index contributed by atoms with van der Waals surface area (Å²) in [4.78, 5) is 6.89. The van der Waals surface area contributed by atoms with E-state index in [0.29, 0.717) is 12.0 Å². The Bertz CT molecular complexity index is 545. The van der Waals surface area contributed by atoms with Gasteiger partial charge in [-0.2, -0.15) is 0 Å². The Labute approximate surface area is 133 Å². The molecule has 2 fully saturated rings. The molecule has 1 heterocycles. The van der Waals surface area contributed by atoms with Gasteiger partial charge in [-0.3, -0.25) is 4.99 Å². The lowest BCUT2D eigenvalue weighted by molar-refractivity contribution is 0.0528. The molecular formula is C18H27N3O. The lowest BCUT2D eigenvalue weighted by atomic mass is 9.72. The van der Waals surface area contributed by atoms with Crippen LogP contribution in [-0.2, 0) is 10.2 Å². The van der Waals surface area contributed by atoms with Crippen LogP contribution in [0.25, 0.3) is 0 Å². The highest BCUT2D eigenvalue weighted by Crippen LogP contribution is 2.37. The first kappa shape index (κ1) is 15.3. The number of nitrogens with zero attached hydrogens (tertiary/aromatic N) is 2. The number of nitrogens with two attached hydrogens (primary N) is 1. The summed E-state index contributed by atoms with van der Waals surface area (Å²) in [5, 5.41) is 0. The summed E-state index contributed by atoms with van der Waals surface area (Å²) < 4.78 is 5.60. The van der Waals surface area contributed by atoms with Crippen LogP contribution >= 0.6 is 0 Å². The van der Waals surface area contributed by atoms with Crippen molar-refractivity contribution in [2.75, 3.05) is 26.8 Å². The van der Waals surface area contributed by atoms with Gasteiger partial charge < -0.3 is 15.4 Å². The molecular weight excluding hydrogens is 274 g/mol. The Balaban J connectivity index is 1.83. The maximum atomic E-state index is 6.20. The quantitative estimate of drug-likeness (QED) is 0.686. The number of aryl methyl sites for hydroxylation is 1. The second kappa shape index (κ2) is 6.29. The predicted molar refractivity (Wildman–Crippen MR) is 90.2 cm³/mol. The number of ether oxygens (including phenoxy) is 1. The molecule has 120 valence electrons. The van der Waals surface area contributed by atoms with Crippen LogP contribution < -0.4 is 5.73 Å². The van der Waals surface area contributed by atoms with E-state index in [0.717, 1.165) is 32.6 Å². The monoisotopic (exact) mass is 301 g/mol. The molecule has 0 bridgehead atoms. The van der Waals surface area contributed by atoms with Crippen LogP contribution in [0.3, 0.4) is 0 Å². The SMILES string of the molecule is Cc1ccccc1C1(CN=C(N)N(C)C2CC2)CCOCC1. The van der Waals surface area contributed by atoms with Gasteiger partial charge in [-0.1, -0.05) is 24.3 Å². The number of benzene rings is 1. The molecule has 2 N–H and O–H groups in total. The normalized spacial score (nSPS) is 21.6.